The monoisotopic (exact) mass is 450 g/mol. The molecule has 174 valence electrons. The predicted octanol–water partition coefficient (Wildman–Crippen LogP) is 0.233. The van der Waals surface area contributed by atoms with Crippen LogP contribution in [0.4, 0.5) is 0 Å². The molecule has 1 unspecified atom stereocenters. The smallest absolute Gasteiger partial charge is 0.251 e. The SMILES string of the molecule is CNC(=O)c1cccc([C@@H](C)N2C(=O)[C@@H]3CC2CN3C[C@H](N)C(=O)N2[C@H](C#N)C[C@@H]3C[C@@H]32)c1. The van der Waals surface area contributed by atoms with Crippen molar-refractivity contribution in [2.24, 2.45) is 11.7 Å². The number of fused-ring (bicyclic) bond motifs is 3. The average Bonchev–Trinajstić information content (AvgIpc) is 3.15. The third-order valence-electron chi connectivity index (χ3n) is 7.85. The van der Waals surface area contributed by atoms with Crippen molar-refractivity contribution in [2.75, 3.05) is 20.1 Å². The quantitative estimate of drug-likeness (QED) is 0.640. The van der Waals surface area contributed by atoms with Gasteiger partial charge in [-0.2, -0.15) is 5.26 Å². The topological polar surface area (TPSA) is 123 Å². The minimum absolute atomic E-state index is 0.0436. The number of carbonyl (C=O) groups is 3. The number of hydrogen-bond donors (Lipinski definition) is 2. The van der Waals surface area contributed by atoms with E-state index in [0.29, 0.717) is 31.0 Å². The van der Waals surface area contributed by atoms with E-state index in [1.54, 1.807) is 18.0 Å². The van der Waals surface area contributed by atoms with E-state index in [4.69, 9.17) is 5.73 Å². The second-order valence-corrected chi connectivity index (χ2v) is 9.78. The van der Waals surface area contributed by atoms with Gasteiger partial charge in [0.2, 0.25) is 11.8 Å². The summed E-state index contributed by atoms with van der Waals surface area (Å²) in [5.41, 5.74) is 7.78. The van der Waals surface area contributed by atoms with Gasteiger partial charge in [0, 0.05) is 37.8 Å². The van der Waals surface area contributed by atoms with Gasteiger partial charge in [-0.3, -0.25) is 19.3 Å². The standard InChI is InChI=1S/C24H30N6O3/c1-13(14-4-3-5-15(6-14)22(31)27-2)29-18-9-21(24(29)33)28(11-18)12-19(26)23(32)30-17(10-25)7-16-8-20(16)30/h3-6,13,16-21H,7-9,11-12,26H2,1-2H3,(H,27,31)/t13-,16-,17+,18?,19+,20+,21+/m1/s1. The molecule has 7 atom stereocenters. The molecule has 3 heterocycles. The van der Waals surface area contributed by atoms with E-state index < -0.39 is 6.04 Å². The molecule has 3 amide bonds. The van der Waals surface area contributed by atoms with Crippen LogP contribution in [0.3, 0.4) is 0 Å². The summed E-state index contributed by atoms with van der Waals surface area (Å²) >= 11 is 0. The molecule has 3 saturated heterocycles. The Bertz CT molecular complexity index is 1040. The maximum atomic E-state index is 13.3. The van der Waals surface area contributed by atoms with E-state index in [0.717, 1.165) is 18.4 Å². The first-order valence-electron chi connectivity index (χ1n) is 11.7. The van der Waals surface area contributed by atoms with Gasteiger partial charge in [-0.1, -0.05) is 12.1 Å². The summed E-state index contributed by atoms with van der Waals surface area (Å²) in [5.74, 6) is 0.171. The number of likely N-dealkylation sites (tertiary alicyclic amines) is 3. The minimum Gasteiger partial charge on any atom is -0.355 e. The molecule has 4 fully saturated rings. The molecular weight excluding hydrogens is 420 g/mol. The van der Waals surface area contributed by atoms with Crippen LogP contribution < -0.4 is 11.1 Å². The molecule has 3 N–H and O–H groups in total. The van der Waals surface area contributed by atoms with Crippen LogP contribution >= 0.6 is 0 Å². The molecule has 0 aromatic heterocycles. The zero-order valence-corrected chi connectivity index (χ0v) is 19.0. The Morgan fingerprint density at radius 1 is 1.30 bits per heavy atom. The van der Waals surface area contributed by atoms with Gasteiger partial charge in [-0.25, -0.2) is 0 Å². The molecule has 3 aliphatic heterocycles. The molecule has 33 heavy (non-hydrogen) atoms. The van der Waals surface area contributed by atoms with E-state index >= 15 is 0 Å². The lowest BCUT2D eigenvalue weighted by molar-refractivity contribution is -0.141. The van der Waals surface area contributed by atoms with Crippen molar-refractivity contribution in [2.45, 2.75) is 62.4 Å². The van der Waals surface area contributed by atoms with Gasteiger partial charge in [-0.15, -0.1) is 0 Å². The number of nitriles is 1. The van der Waals surface area contributed by atoms with Crippen LogP contribution in [-0.4, -0.2) is 82.8 Å². The number of carbonyl (C=O) groups excluding carboxylic acids is 3. The van der Waals surface area contributed by atoms with Gasteiger partial charge in [0.15, 0.2) is 0 Å². The summed E-state index contributed by atoms with van der Waals surface area (Å²) in [5, 5.41) is 12.0. The van der Waals surface area contributed by atoms with E-state index in [2.05, 4.69) is 11.4 Å². The highest BCUT2D eigenvalue weighted by Gasteiger charge is 2.56. The number of nitrogens with one attached hydrogen (secondary N) is 1. The molecule has 1 aromatic rings. The Morgan fingerprint density at radius 3 is 2.79 bits per heavy atom. The summed E-state index contributed by atoms with van der Waals surface area (Å²) in [7, 11) is 1.60. The minimum atomic E-state index is -0.734. The maximum absolute atomic E-state index is 13.3. The fourth-order valence-corrected chi connectivity index (χ4v) is 6.05. The second-order valence-electron chi connectivity index (χ2n) is 9.78. The molecule has 9 heteroatoms. The van der Waals surface area contributed by atoms with E-state index in [1.807, 2.05) is 34.9 Å². The van der Waals surface area contributed by atoms with Gasteiger partial charge in [-0.05, 0) is 49.8 Å². The normalized spacial score (nSPS) is 31.8. The van der Waals surface area contributed by atoms with Gasteiger partial charge < -0.3 is 20.9 Å². The Balaban J connectivity index is 1.24. The van der Waals surface area contributed by atoms with Gasteiger partial charge in [0.05, 0.1) is 24.2 Å². The highest BCUT2D eigenvalue weighted by molar-refractivity contribution is 5.94. The lowest BCUT2D eigenvalue weighted by atomic mass is 10.0. The number of hydrogen-bond acceptors (Lipinski definition) is 6. The van der Waals surface area contributed by atoms with Crippen LogP contribution in [0.15, 0.2) is 24.3 Å². The first-order valence-corrected chi connectivity index (χ1v) is 11.7. The van der Waals surface area contributed by atoms with Crippen LogP contribution in [-0.2, 0) is 9.59 Å². The number of rotatable bonds is 6. The second kappa shape index (κ2) is 8.12. The Labute approximate surface area is 193 Å². The van der Waals surface area contributed by atoms with E-state index in [9.17, 15) is 19.6 Å². The Hall–Kier alpha value is -2.96. The summed E-state index contributed by atoms with van der Waals surface area (Å²) in [6.07, 6.45) is 2.44. The molecule has 2 bridgehead atoms. The highest BCUT2D eigenvalue weighted by Crippen LogP contribution is 2.48. The number of piperazine rings is 1. The zero-order valence-electron chi connectivity index (χ0n) is 19.0. The molecule has 0 spiro atoms. The van der Waals surface area contributed by atoms with Gasteiger partial charge in [0.25, 0.3) is 5.91 Å². The fraction of sp³-hybridized carbons (Fsp3) is 0.583. The number of nitrogens with zero attached hydrogens (tertiary/aromatic N) is 4. The van der Waals surface area contributed by atoms with Crippen molar-refractivity contribution in [1.82, 2.24) is 20.0 Å². The van der Waals surface area contributed by atoms with Gasteiger partial charge >= 0.3 is 0 Å². The molecule has 1 aromatic carbocycles. The summed E-state index contributed by atoms with van der Waals surface area (Å²) in [4.78, 5) is 43.9. The summed E-state index contributed by atoms with van der Waals surface area (Å²) in [6, 6.07) is 8.30. The lowest BCUT2D eigenvalue weighted by Gasteiger charge is -2.38. The van der Waals surface area contributed by atoms with Crippen LogP contribution in [0, 0.1) is 17.2 Å². The first-order chi connectivity index (χ1) is 15.8. The summed E-state index contributed by atoms with van der Waals surface area (Å²) in [6.45, 7) is 2.99. The largest absolute Gasteiger partial charge is 0.355 e. The van der Waals surface area contributed by atoms with Crippen LogP contribution in [0.2, 0.25) is 0 Å². The average molecular weight is 451 g/mol. The number of nitrogens with two attached hydrogens (primary N) is 1. The first kappa shape index (κ1) is 21.9. The third-order valence-corrected chi connectivity index (χ3v) is 7.85. The van der Waals surface area contributed by atoms with Crippen molar-refractivity contribution >= 4 is 17.7 Å². The lowest BCUT2D eigenvalue weighted by Crippen LogP contribution is -2.57. The number of amides is 3. The maximum Gasteiger partial charge on any atom is 0.251 e. The molecule has 4 aliphatic rings. The number of piperidine rings is 1. The van der Waals surface area contributed by atoms with E-state index in [1.165, 1.54) is 0 Å². The molecule has 5 rings (SSSR count). The predicted molar refractivity (Wildman–Crippen MR) is 120 cm³/mol. The zero-order chi connectivity index (χ0) is 23.4. The number of benzene rings is 1. The van der Waals surface area contributed by atoms with Gasteiger partial charge in [0.1, 0.15) is 6.04 Å². The van der Waals surface area contributed by atoms with Crippen LogP contribution in [0.1, 0.15) is 48.1 Å². The molecule has 1 aliphatic carbocycles. The summed E-state index contributed by atoms with van der Waals surface area (Å²) < 4.78 is 0. The van der Waals surface area contributed by atoms with Crippen molar-refractivity contribution in [1.29, 1.82) is 5.26 Å². The van der Waals surface area contributed by atoms with Crippen molar-refractivity contribution in [3.63, 3.8) is 0 Å². The fourth-order valence-electron chi connectivity index (χ4n) is 6.05. The Kier molecular flexibility index (Phi) is 5.38. The van der Waals surface area contributed by atoms with Crippen molar-refractivity contribution < 1.29 is 14.4 Å². The van der Waals surface area contributed by atoms with E-state index in [-0.39, 0.29) is 47.9 Å². The van der Waals surface area contributed by atoms with Crippen molar-refractivity contribution in [3.8, 4) is 6.07 Å². The highest BCUT2D eigenvalue weighted by atomic mass is 16.2. The van der Waals surface area contributed by atoms with Crippen molar-refractivity contribution in [3.05, 3.63) is 35.4 Å². The third kappa shape index (κ3) is 3.58. The van der Waals surface area contributed by atoms with Crippen LogP contribution in [0.5, 0.6) is 0 Å². The molecule has 9 nitrogen and oxygen atoms in total. The Morgan fingerprint density at radius 2 is 2.09 bits per heavy atom. The van der Waals surface area contributed by atoms with Crippen LogP contribution in [0.25, 0.3) is 0 Å². The molecule has 0 radical (unpaired) electrons. The molecular formula is C24H30N6O3. The molecule has 1 saturated carbocycles.